The van der Waals surface area contributed by atoms with E-state index in [0.29, 0.717) is 36.6 Å². The summed E-state index contributed by atoms with van der Waals surface area (Å²) in [6, 6.07) is 0. The van der Waals surface area contributed by atoms with Gasteiger partial charge >= 0.3 is 35.8 Å². The normalized spacial score (nSPS) is 15.2. The lowest BCUT2D eigenvalue weighted by Crippen LogP contribution is -2.68. The van der Waals surface area contributed by atoms with Gasteiger partial charge in [0, 0.05) is 24.3 Å². The molecule has 0 heterocycles. The molecule has 0 bridgehead atoms. The molecule has 16 heteroatoms. The third-order valence-corrected chi connectivity index (χ3v) is 5.73. The second-order valence-corrected chi connectivity index (χ2v) is 9.52. The Bertz CT molecular complexity index is 1180. The average molecular weight is 687 g/mol. The number of ether oxygens (including phenoxy) is 2. The van der Waals surface area contributed by atoms with Crippen LogP contribution >= 0.6 is 0 Å². The predicted octanol–water partition coefficient (Wildman–Crippen LogP) is 3.37. The van der Waals surface area contributed by atoms with E-state index >= 15 is 0 Å². The molecule has 0 unspecified atom stereocenters. The van der Waals surface area contributed by atoms with Crippen molar-refractivity contribution >= 4 is 35.8 Å². The van der Waals surface area contributed by atoms with Crippen LogP contribution in [0.15, 0.2) is 73.3 Å². The number of carboxylic acid groups (broad SMARTS) is 6. The summed E-state index contributed by atoms with van der Waals surface area (Å²) < 4.78 is 10.6. The van der Waals surface area contributed by atoms with E-state index in [9.17, 15) is 54.3 Å². The predicted molar refractivity (Wildman–Crippen MR) is 171 cm³/mol. The van der Waals surface area contributed by atoms with Crippen LogP contribution in [-0.4, -0.2) is 100 Å². The summed E-state index contributed by atoms with van der Waals surface area (Å²) in [6.45, 7) is 7.26. The van der Waals surface area contributed by atoms with Crippen molar-refractivity contribution < 1.29 is 79.1 Å². The summed E-state index contributed by atoms with van der Waals surface area (Å²) >= 11 is 0. The lowest BCUT2D eigenvalue weighted by molar-refractivity contribution is -0.187. The van der Waals surface area contributed by atoms with Gasteiger partial charge in [0.2, 0.25) is 5.60 Å². The molecular weight excluding hydrogens is 640 g/mol. The lowest BCUT2D eigenvalue weighted by atomic mass is 9.69. The van der Waals surface area contributed by atoms with Gasteiger partial charge in [-0.15, -0.1) is 0 Å². The van der Waals surface area contributed by atoms with Gasteiger partial charge in [-0.3, -0.25) is 0 Å². The van der Waals surface area contributed by atoms with Crippen LogP contribution in [0.3, 0.4) is 0 Å². The topological polar surface area (TPSA) is 283 Å². The number of aliphatic carboxylic acids is 6. The van der Waals surface area contributed by atoms with Crippen LogP contribution in [0.25, 0.3) is 0 Å². The average Bonchev–Trinajstić information content (AvgIpc) is 2.99. The number of rotatable bonds is 21. The first-order valence-electron chi connectivity index (χ1n) is 14.6. The fourth-order valence-corrected chi connectivity index (χ4v) is 3.51. The highest BCUT2D eigenvalue weighted by atomic mass is 16.6. The molecule has 2 atom stereocenters. The zero-order valence-electron chi connectivity index (χ0n) is 27.2. The van der Waals surface area contributed by atoms with Crippen LogP contribution in [-0.2, 0) is 38.2 Å². The Morgan fingerprint density at radius 3 is 1.10 bits per heavy atom. The van der Waals surface area contributed by atoms with Crippen molar-refractivity contribution in [3.05, 3.63) is 73.3 Å². The van der Waals surface area contributed by atoms with Crippen molar-refractivity contribution in [2.24, 2.45) is 0 Å². The van der Waals surface area contributed by atoms with Gasteiger partial charge in [-0.1, -0.05) is 66.2 Å². The van der Waals surface area contributed by atoms with E-state index in [1.165, 1.54) is 38.5 Å². The van der Waals surface area contributed by atoms with Gasteiger partial charge < -0.3 is 50.3 Å². The van der Waals surface area contributed by atoms with Gasteiger partial charge in [0.1, 0.15) is 0 Å². The fraction of sp³-hybridized carbons (Fsp3) is 0.438. The van der Waals surface area contributed by atoms with E-state index in [1.807, 2.05) is 0 Å². The van der Waals surface area contributed by atoms with Crippen LogP contribution in [0.2, 0.25) is 0 Å². The minimum atomic E-state index is -3.21. The Kier molecular flexibility index (Phi) is 25.5. The number of hydrogen-bond acceptors (Lipinski definition) is 10. The molecule has 48 heavy (non-hydrogen) atoms. The molecule has 0 rings (SSSR count). The summed E-state index contributed by atoms with van der Waals surface area (Å²) in [5, 5.41) is 76.0. The molecule has 0 aromatic heterocycles. The maximum absolute atomic E-state index is 11.4. The van der Waals surface area contributed by atoms with Gasteiger partial charge in [-0.2, -0.15) is 0 Å². The summed E-state index contributed by atoms with van der Waals surface area (Å²) in [5.74, 6) is -10.4. The Morgan fingerprint density at radius 1 is 0.500 bits per heavy atom. The molecule has 0 saturated heterocycles. The van der Waals surface area contributed by atoms with E-state index in [-0.39, 0.29) is 36.6 Å². The first-order chi connectivity index (χ1) is 22.4. The quantitative estimate of drug-likeness (QED) is 0.0634. The third-order valence-electron chi connectivity index (χ3n) is 5.73. The van der Waals surface area contributed by atoms with Crippen LogP contribution in [0.4, 0.5) is 0 Å². The molecular formula is C32H46O16. The molecule has 0 aliphatic heterocycles. The van der Waals surface area contributed by atoms with Gasteiger partial charge in [0.15, 0.2) is 11.2 Å². The number of carboxylic acids is 6. The summed E-state index contributed by atoms with van der Waals surface area (Å²) in [5.41, 5.74) is -9.38. The molecule has 0 aromatic carbocycles. The Labute approximate surface area is 277 Å². The van der Waals surface area contributed by atoms with Crippen molar-refractivity contribution in [1.29, 1.82) is 0 Å². The monoisotopic (exact) mass is 686 g/mol. The molecule has 0 fully saturated rings. The highest BCUT2D eigenvalue weighted by Crippen LogP contribution is 2.44. The van der Waals surface area contributed by atoms with Gasteiger partial charge in [-0.25, -0.2) is 28.8 Å². The van der Waals surface area contributed by atoms with Crippen LogP contribution in [0, 0.1) is 0 Å². The van der Waals surface area contributed by atoms with Crippen LogP contribution in [0.1, 0.15) is 66.2 Å². The third kappa shape index (κ3) is 19.3. The lowest BCUT2D eigenvalue weighted by Gasteiger charge is -2.50. The van der Waals surface area contributed by atoms with Crippen molar-refractivity contribution in [3.63, 3.8) is 0 Å². The van der Waals surface area contributed by atoms with E-state index < -0.39 is 59.2 Å². The molecule has 0 spiro atoms. The molecule has 0 aromatic rings. The molecule has 16 nitrogen and oxygen atoms in total. The van der Waals surface area contributed by atoms with E-state index in [2.05, 4.69) is 27.7 Å². The molecule has 0 amide bonds. The Morgan fingerprint density at radius 2 is 0.812 bits per heavy atom. The number of unbranched alkanes of at least 4 members (excludes halogenated alkanes) is 4. The number of aliphatic hydroxyl groups is 2. The summed E-state index contributed by atoms with van der Waals surface area (Å²) in [4.78, 5) is 67.3. The first kappa shape index (κ1) is 47.2. The van der Waals surface area contributed by atoms with E-state index in [0.717, 1.165) is 0 Å². The van der Waals surface area contributed by atoms with Gasteiger partial charge in [0.25, 0.3) is 0 Å². The first-order valence-corrected chi connectivity index (χ1v) is 14.6. The number of carbonyl (C=O) groups is 6. The highest BCUT2D eigenvalue weighted by Gasteiger charge is 2.63. The zero-order valence-corrected chi connectivity index (χ0v) is 27.2. The van der Waals surface area contributed by atoms with Crippen molar-refractivity contribution in [2.45, 2.75) is 83.0 Å². The highest BCUT2D eigenvalue weighted by molar-refractivity contribution is 5.83. The van der Waals surface area contributed by atoms with E-state index in [4.69, 9.17) is 24.8 Å². The molecule has 0 aliphatic carbocycles. The summed E-state index contributed by atoms with van der Waals surface area (Å²) in [6.07, 6.45) is 11.8. The number of aliphatic hydroxyl groups excluding tert-OH is 1. The fourth-order valence-electron chi connectivity index (χ4n) is 3.51. The second kappa shape index (κ2) is 25.9. The Balaban J connectivity index is -0.00000175. The molecule has 8 N–H and O–H groups in total. The van der Waals surface area contributed by atoms with Crippen molar-refractivity contribution in [2.75, 3.05) is 6.61 Å². The van der Waals surface area contributed by atoms with Crippen LogP contribution in [0.5, 0.6) is 0 Å². The SMILES string of the molecule is CCCCC.CCCCC.O=C(O)C=COC(C=CC(=O)O)(C=CC(=O)O)[C@](C=CC(=O)O)(OC=CC(=O)O)[C@@](O)(C=CC(=O)O)CO. The molecule has 270 valence electrons. The van der Waals surface area contributed by atoms with Crippen molar-refractivity contribution in [3.8, 4) is 0 Å². The maximum atomic E-state index is 11.4. The molecule has 0 saturated carbocycles. The number of hydrogen-bond donors (Lipinski definition) is 8. The van der Waals surface area contributed by atoms with Crippen LogP contribution < -0.4 is 0 Å². The largest absolute Gasteiger partial charge is 0.482 e. The minimum Gasteiger partial charge on any atom is -0.482 e. The maximum Gasteiger partial charge on any atom is 0.331 e. The minimum absolute atomic E-state index is 0.214. The molecule has 0 aliphatic rings. The standard InChI is InChI=1S/C22H22O16.2C5H12/c23-13-20(36,7-1-14(24)25)22(10-4-17(30)31,38-12-6-19(34)35)21(8-2-15(26)27,9-3-16(28)29)37-11-5-18(32)33;2*1-3-5-4-2/h1-12,23,36H,13H2,(H,24,25)(H,26,27)(H,28,29)(H,30,31)(H,32,33)(H,34,35);2*3-5H2,1-2H3/t20-,21?,22-;;/m1../s1. The van der Waals surface area contributed by atoms with Gasteiger partial charge in [0.05, 0.1) is 31.3 Å². The smallest absolute Gasteiger partial charge is 0.331 e. The zero-order chi connectivity index (χ0) is 37.8. The summed E-state index contributed by atoms with van der Waals surface area (Å²) in [7, 11) is 0. The Hall–Kier alpha value is -5.22. The van der Waals surface area contributed by atoms with Gasteiger partial charge in [-0.05, 0) is 24.3 Å². The van der Waals surface area contributed by atoms with E-state index in [1.54, 1.807) is 0 Å². The second-order valence-electron chi connectivity index (χ2n) is 9.52. The molecule has 0 radical (unpaired) electrons. The van der Waals surface area contributed by atoms with Crippen molar-refractivity contribution in [1.82, 2.24) is 0 Å².